The van der Waals surface area contributed by atoms with Gasteiger partial charge in [-0.15, -0.1) is 0 Å². The van der Waals surface area contributed by atoms with Gasteiger partial charge in [0.2, 0.25) is 11.7 Å². The highest BCUT2D eigenvalue weighted by Crippen LogP contribution is 2.40. The number of nitrogens with zero attached hydrogens (tertiary/aromatic N) is 4. The Morgan fingerprint density at radius 3 is 2.40 bits per heavy atom. The molecule has 0 N–H and O–H groups in total. The summed E-state index contributed by atoms with van der Waals surface area (Å²) < 4.78 is 96.6. The fraction of sp³-hybridized carbons (Fsp3) is 0.400. The molecule has 17 heteroatoms. The smallest absolute Gasteiger partial charge is 0.410 e. The van der Waals surface area contributed by atoms with Crippen molar-refractivity contribution in [2.75, 3.05) is 57.2 Å². The van der Waals surface area contributed by atoms with Crippen LogP contribution in [0.15, 0.2) is 47.4 Å². The summed E-state index contributed by atoms with van der Waals surface area (Å²) in [5, 5.41) is -0.751. The molecule has 1 aliphatic rings. The van der Waals surface area contributed by atoms with Gasteiger partial charge < -0.3 is 28.7 Å². The Morgan fingerprint density at radius 1 is 1.08 bits per heavy atom. The van der Waals surface area contributed by atoms with Gasteiger partial charge in [-0.2, -0.15) is 4.39 Å². The number of anilines is 2. The van der Waals surface area contributed by atoms with E-state index in [1.54, 1.807) is 20.8 Å². The normalized spacial score (nSPS) is 15.8. The van der Waals surface area contributed by atoms with E-state index in [0.29, 0.717) is 10.1 Å². The van der Waals surface area contributed by atoms with Crippen molar-refractivity contribution in [3.05, 3.63) is 70.6 Å². The Kier molecular flexibility index (Phi) is 12.2. The number of Topliss-reactive ketones (excluding diaryl/α,β-unsaturated/α-hetero) is 1. The number of halogens is 4. The van der Waals surface area contributed by atoms with Crippen molar-refractivity contribution in [3.63, 3.8) is 0 Å². The van der Waals surface area contributed by atoms with Gasteiger partial charge in [0.15, 0.2) is 16.3 Å². The van der Waals surface area contributed by atoms with Gasteiger partial charge in [0.05, 0.1) is 39.5 Å². The predicted octanol–water partition coefficient (Wildman–Crippen LogP) is 5.60. The Balaban J connectivity index is 1.66. The lowest BCUT2D eigenvalue weighted by atomic mass is 9.97. The monoisotopic (exact) mass is 766 g/mol. The number of pyridine rings is 1. The number of aromatic nitrogens is 1. The van der Waals surface area contributed by atoms with E-state index in [4.69, 9.17) is 30.5 Å². The summed E-state index contributed by atoms with van der Waals surface area (Å²) in [7, 11) is 0.302. The van der Waals surface area contributed by atoms with Gasteiger partial charge >= 0.3 is 6.09 Å². The molecule has 4 rings (SSSR count). The molecular formula is C35H38ClF3N4O8S. The van der Waals surface area contributed by atoms with Gasteiger partial charge in [0.25, 0.3) is 10.0 Å². The SMILES string of the molecule is COc1ccc(CN(c2cccc(F)n2)S(=O)(=O)c2c(F)cc(N3CC[C@@](OC)(C(=O)C#CCN(C)C(=O)OC(C)(C)C)C3)c(Cl)c2F)c(OC)c1. The average molecular weight is 767 g/mol. The maximum Gasteiger partial charge on any atom is 0.410 e. The first-order chi connectivity index (χ1) is 24.4. The van der Waals surface area contributed by atoms with Crippen molar-refractivity contribution < 1.29 is 50.1 Å². The van der Waals surface area contributed by atoms with Crippen LogP contribution >= 0.6 is 11.6 Å². The number of carbonyl (C=O) groups is 2. The zero-order valence-corrected chi connectivity index (χ0v) is 31.1. The van der Waals surface area contributed by atoms with Crippen LogP contribution in [0.5, 0.6) is 11.5 Å². The predicted molar refractivity (Wildman–Crippen MR) is 187 cm³/mol. The number of hydrogen-bond acceptors (Lipinski definition) is 10. The minimum absolute atomic E-state index is 0.0281. The molecule has 1 amide bonds. The van der Waals surface area contributed by atoms with Gasteiger partial charge in [0, 0.05) is 44.8 Å². The zero-order valence-electron chi connectivity index (χ0n) is 29.6. The van der Waals surface area contributed by atoms with Gasteiger partial charge in [-0.1, -0.05) is 23.6 Å². The van der Waals surface area contributed by atoms with E-state index in [2.05, 4.69) is 16.8 Å². The van der Waals surface area contributed by atoms with Crippen LogP contribution in [0.2, 0.25) is 5.02 Å². The highest BCUT2D eigenvalue weighted by Gasteiger charge is 2.46. The summed E-state index contributed by atoms with van der Waals surface area (Å²) in [5.74, 6) is 0.350. The molecule has 1 fully saturated rings. The molecule has 0 unspecified atom stereocenters. The highest BCUT2D eigenvalue weighted by molar-refractivity contribution is 7.92. The van der Waals surface area contributed by atoms with Crippen molar-refractivity contribution in [2.45, 2.75) is 49.8 Å². The third-order valence-electron chi connectivity index (χ3n) is 8.01. The van der Waals surface area contributed by atoms with Gasteiger partial charge in [0.1, 0.15) is 33.8 Å². The molecule has 0 bridgehead atoms. The van der Waals surface area contributed by atoms with E-state index in [1.807, 2.05) is 0 Å². The molecule has 0 spiro atoms. The summed E-state index contributed by atoms with van der Waals surface area (Å²) in [5.41, 5.74) is -2.27. The fourth-order valence-corrected chi connectivity index (χ4v) is 7.13. The van der Waals surface area contributed by atoms with E-state index in [1.165, 1.54) is 62.4 Å². The van der Waals surface area contributed by atoms with E-state index in [0.717, 1.165) is 18.2 Å². The molecular weight excluding hydrogens is 729 g/mol. The van der Waals surface area contributed by atoms with Crippen molar-refractivity contribution in [1.82, 2.24) is 9.88 Å². The second kappa shape index (κ2) is 15.9. The van der Waals surface area contributed by atoms with Crippen molar-refractivity contribution in [2.24, 2.45) is 0 Å². The zero-order chi connectivity index (χ0) is 38.6. The molecule has 52 heavy (non-hydrogen) atoms. The van der Waals surface area contributed by atoms with Gasteiger partial charge in [-0.3, -0.25) is 4.79 Å². The number of hydrogen-bond donors (Lipinski definition) is 0. The molecule has 0 aliphatic carbocycles. The quantitative estimate of drug-likeness (QED) is 0.105. The summed E-state index contributed by atoms with van der Waals surface area (Å²) >= 11 is 6.40. The summed E-state index contributed by atoms with van der Waals surface area (Å²) in [6.45, 7) is 4.21. The molecule has 1 aliphatic heterocycles. The maximum absolute atomic E-state index is 16.2. The molecule has 280 valence electrons. The first-order valence-electron chi connectivity index (χ1n) is 15.7. The van der Waals surface area contributed by atoms with E-state index in [9.17, 15) is 22.4 Å². The molecule has 1 saturated heterocycles. The number of rotatable bonds is 11. The number of carbonyl (C=O) groups excluding carboxylic acids is 2. The number of benzene rings is 2. The third-order valence-corrected chi connectivity index (χ3v) is 10.2. The molecule has 0 saturated carbocycles. The van der Waals surface area contributed by atoms with Crippen LogP contribution in [-0.2, 0) is 30.8 Å². The van der Waals surface area contributed by atoms with E-state index in [-0.39, 0.29) is 43.1 Å². The number of sulfonamides is 1. The molecule has 1 atom stereocenters. The molecule has 3 aromatic rings. The number of ketones is 1. The number of ether oxygens (including phenoxy) is 4. The average Bonchev–Trinajstić information content (AvgIpc) is 3.53. The Hall–Kier alpha value is -4.72. The van der Waals surface area contributed by atoms with Crippen LogP contribution < -0.4 is 18.7 Å². The maximum atomic E-state index is 16.2. The highest BCUT2D eigenvalue weighted by atomic mass is 35.5. The van der Waals surface area contributed by atoms with Crippen molar-refractivity contribution in [1.29, 1.82) is 0 Å². The lowest BCUT2D eigenvalue weighted by Crippen LogP contribution is -2.43. The summed E-state index contributed by atoms with van der Waals surface area (Å²) in [6, 6.07) is 8.53. The van der Waals surface area contributed by atoms with Crippen LogP contribution in [0, 0.1) is 29.4 Å². The minimum atomic E-state index is -5.18. The molecule has 1 aromatic heterocycles. The fourth-order valence-electron chi connectivity index (χ4n) is 5.29. The second-order valence-electron chi connectivity index (χ2n) is 12.7. The largest absolute Gasteiger partial charge is 0.497 e. The lowest BCUT2D eigenvalue weighted by Gasteiger charge is -2.27. The third kappa shape index (κ3) is 8.66. The van der Waals surface area contributed by atoms with Gasteiger partial charge in [-0.05, 0) is 51.0 Å². The van der Waals surface area contributed by atoms with Crippen LogP contribution in [0.4, 0.5) is 29.5 Å². The van der Waals surface area contributed by atoms with Crippen LogP contribution in [-0.4, -0.2) is 89.4 Å². The molecule has 0 radical (unpaired) electrons. The number of methoxy groups -OCH3 is 3. The Morgan fingerprint density at radius 2 is 1.79 bits per heavy atom. The van der Waals surface area contributed by atoms with Crippen molar-refractivity contribution in [3.8, 4) is 23.3 Å². The molecule has 2 heterocycles. The first kappa shape index (κ1) is 40.1. The Labute approximate surface area is 305 Å². The van der Waals surface area contributed by atoms with Crippen molar-refractivity contribution >= 4 is 45.0 Å². The summed E-state index contributed by atoms with van der Waals surface area (Å²) in [4.78, 5) is 30.3. The first-order valence-corrected chi connectivity index (χ1v) is 17.5. The molecule has 2 aromatic carbocycles. The minimum Gasteiger partial charge on any atom is -0.497 e. The van der Waals surface area contributed by atoms with Gasteiger partial charge in [-0.25, -0.2) is 31.3 Å². The lowest BCUT2D eigenvalue weighted by molar-refractivity contribution is -0.132. The standard InChI is InChI=1S/C35H38ClF3N4O8S/c1-34(2,3)51-33(45)41(4)16-9-10-27(44)35(50-7)15-17-42(21-35)25-19-24(37)32(31(39)30(25)36)52(46,47)43(29-12-8-11-28(38)40-29)20-22-13-14-23(48-5)18-26(22)49-6/h8,11-14,18-19H,15-17,20-21H2,1-7H3/t35-/m0/s1. The molecule has 12 nitrogen and oxygen atoms in total. The number of amides is 1. The topological polar surface area (TPSA) is 128 Å². The summed E-state index contributed by atoms with van der Waals surface area (Å²) in [6.07, 6.45) is -0.594. The van der Waals surface area contributed by atoms with E-state index < -0.39 is 73.0 Å². The second-order valence-corrected chi connectivity index (χ2v) is 14.9. The van der Waals surface area contributed by atoms with E-state index >= 15 is 8.78 Å². The van der Waals surface area contributed by atoms with Crippen LogP contribution in [0.1, 0.15) is 32.8 Å². The van der Waals surface area contributed by atoms with Crippen LogP contribution in [0.3, 0.4) is 0 Å². The van der Waals surface area contributed by atoms with Crippen LogP contribution in [0.25, 0.3) is 0 Å². The Bertz CT molecular complexity index is 2020.